The van der Waals surface area contributed by atoms with Crippen LogP contribution in [0.5, 0.6) is 0 Å². The average molecular weight is 414 g/mol. The van der Waals surface area contributed by atoms with Gasteiger partial charge in [-0.1, -0.05) is 15.9 Å². The number of carbonyl (C=O) groups is 3. The summed E-state index contributed by atoms with van der Waals surface area (Å²) < 4.78 is 0.907. The lowest BCUT2D eigenvalue weighted by molar-refractivity contribution is -0.140. The van der Waals surface area contributed by atoms with Crippen molar-refractivity contribution < 1.29 is 14.4 Å². The number of nitrogens with one attached hydrogen (secondary N) is 1. The zero-order valence-corrected chi connectivity index (χ0v) is 15.9. The van der Waals surface area contributed by atoms with E-state index in [0.717, 1.165) is 10.9 Å². The van der Waals surface area contributed by atoms with Crippen molar-refractivity contribution in [3.63, 3.8) is 0 Å². The second-order valence-electron chi connectivity index (χ2n) is 5.34. The van der Waals surface area contributed by atoms with Crippen molar-refractivity contribution >= 4 is 45.4 Å². The first-order chi connectivity index (χ1) is 11.5. The maximum atomic E-state index is 12.6. The van der Waals surface area contributed by atoms with Crippen LogP contribution in [-0.2, 0) is 9.59 Å². The quantitative estimate of drug-likeness (QED) is 0.573. The van der Waals surface area contributed by atoms with E-state index < -0.39 is 0 Å². The molecule has 130 valence electrons. The highest BCUT2D eigenvalue weighted by molar-refractivity contribution is 9.10. The van der Waals surface area contributed by atoms with Crippen LogP contribution in [0.3, 0.4) is 0 Å². The van der Waals surface area contributed by atoms with Crippen LogP contribution < -0.4 is 5.32 Å². The summed E-state index contributed by atoms with van der Waals surface area (Å²) in [5.41, 5.74) is 0.568. The van der Waals surface area contributed by atoms with Crippen LogP contribution in [0.25, 0.3) is 0 Å². The first kappa shape index (κ1) is 18.8. The molecule has 1 fully saturated rings. The Morgan fingerprint density at radius 3 is 2.50 bits per heavy atom. The number of halogens is 1. The molecule has 1 heterocycles. The number of amides is 3. The van der Waals surface area contributed by atoms with Gasteiger partial charge in [-0.15, -0.1) is 11.8 Å². The lowest BCUT2D eigenvalue weighted by Gasteiger charge is -2.28. The molecule has 24 heavy (non-hydrogen) atoms. The third-order valence-corrected chi connectivity index (χ3v) is 4.90. The second-order valence-corrected chi connectivity index (χ2v) is 7.36. The van der Waals surface area contributed by atoms with Crippen molar-refractivity contribution in [3.05, 3.63) is 34.3 Å². The Balaban J connectivity index is 1.87. The Morgan fingerprint density at radius 2 is 1.83 bits per heavy atom. The predicted molar refractivity (Wildman–Crippen MR) is 97.3 cm³/mol. The first-order valence-corrected chi connectivity index (χ1v) is 9.63. The molecule has 1 N–H and O–H groups in total. The molecule has 0 spiro atoms. The van der Waals surface area contributed by atoms with Crippen molar-refractivity contribution in [3.8, 4) is 0 Å². The normalized spacial score (nSPS) is 13.9. The van der Waals surface area contributed by atoms with Crippen LogP contribution in [0.1, 0.15) is 30.1 Å². The van der Waals surface area contributed by atoms with Crippen molar-refractivity contribution in [2.24, 2.45) is 0 Å². The number of hydrogen-bond donors (Lipinski definition) is 1. The lowest BCUT2D eigenvalue weighted by atomic mass is 10.2. The summed E-state index contributed by atoms with van der Waals surface area (Å²) in [6.07, 6.45) is 1.13. The minimum absolute atomic E-state index is 0.0618. The molecule has 0 radical (unpaired) electrons. The number of nitrogens with zero attached hydrogens (tertiary/aromatic N) is 2. The lowest BCUT2D eigenvalue weighted by Crippen LogP contribution is -2.45. The van der Waals surface area contributed by atoms with Crippen LogP contribution >= 0.6 is 27.7 Å². The van der Waals surface area contributed by atoms with Gasteiger partial charge in [-0.05, 0) is 30.7 Å². The van der Waals surface area contributed by atoms with E-state index in [4.69, 9.17) is 0 Å². The second kappa shape index (κ2) is 9.08. The summed E-state index contributed by atoms with van der Waals surface area (Å²) >= 11 is 4.83. The minimum atomic E-state index is -0.153. The van der Waals surface area contributed by atoms with Gasteiger partial charge < -0.3 is 5.32 Å². The van der Waals surface area contributed by atoms with Gasteiger partial charge in [-0.3, -0.25) is 19.4 Å². The molecular weight excluding hydrogens is 394 g/mol. The number of carbonyl (C=O) groups excluding carboxylic acids is 3. The summed E-state index contributed by atoms with van der Waals surface area (Å²) in [5, 5.41) is 5.75. The largest absolute Gasteiger partial charge is 0.347 e. The maximum Gasteiger partial charge on any atom is 0.272 e. The molecule has 0 bridgehead atoms. The monoisotopic (exact) mass is 413 g/mol. The topological polar surface area (TPSA) is 69.7 Å². The molecule has 1 aromatic rings. The van der Waals surface area contributed by atoms with Crippen LogP contribution in [0, 0.1) is 0 Å². The summed E-state index contributed by atoms with van der Waals surface area (Å²) in [6.45, 7) is 2.58. The summed E-state index contributed by atoms with van der Waals surface area (Å²) in [5.74, 6) is 0.798. The highest BCUT2D eigenvalue weighted by Crippen LogP contribution is 2.18. The molecule has 0 unspecified atom stereocenters. The number of benzene rings is 1. The van der Waals surface area contributed by atoms with Crippen molar-refractivity contribution in [2.45, 2.75) is 19.8 Å². The van der Waals surface area contributed by atoms with Crippen LogP contribution in [0.2, 0.25) is 0 Å². The van der Waals surface area contributed by atoms with E-state index in [1.807, 2.05) is 12.1 Å². The predicted octanol–water partition coefficient (Wildman–Crippen LogP) is 2.26. The molecule has 1 aliphatic rings. The standard InChI is InChI=1S/C16H20BrN3O3S/c1-12(21)18-11-24-10-7-15(22)19-8-2-9-20(19)16(23)13-3-5-14(17)6-4-13/h3-6H,2,7-11H2,1H3,(H,18,21). The average Bonchev–Trinajstić information content (AvgIpc) is 3.03. The Morgan fingerprint density at radius 1 is 1.17 bits per heavy atom. The van der Waals surface area contributed by atoms with E-state index in [1.165, 1.54) is 23.7 Å². The number of hydrogen-bond acceptors (Lipinski definition) is 4. The Labute approximate surface area is 154 Å². The first-order valence-electron chi connectivity index (χ1n) is 7.69. The molecule has 1 saturated heterocycles. The van der Waals surface area contributed by atoms with E-state index in [9.17, 15) is 14.4 Å². The molecular formula is C16H20BrN3O3S. The smallest absolute Gasteiger partial charge is 0.272 e. The third kappa shape index (κ3) is 5.24. The van der Waals surface area contributed by atoms with E-state index in [0.29, 0.717) is 36.7 Å². The molecule has 1 aliphatic heterocycles. The van der Waals surface area contributed by atoms with Crippen LogP contribution in [-0.4, -0.2) is 52.5 Å². The van der Waals surface area contributed by atoms with Crippen LogP contribution in [0.15, 0.2) is 28.7 Å². The number of thioether (sulfide) groups is 1. The molecule has 8 heteroatoms. The molecule has 6 nitrogen and oxygen atoms in total. The highest BCUT2D eigenvalue weighted by Gasteiger charge is 2.30. The van der Waals surface area contributed by atoms with Gasteiger partial charge >= 0.3 is 0 Å². The Kier molecular flexibility index (Phi) is 7.11. The molecule has 2 rings (SSSR count). The maximum absolute atomic E-state index is 12.6. The molecule has 0 atom stereocenters. The number of rotatable bonds is 6. The third-order valence-electron chi connectivity index (χ3n) is 3.53. The van der Waals surface area contributed by atoms with Crippen LogP contribution in [0.4, 0.5) is 0 Å². The summed E-state index contributed by atoms with van der Waals surface area (Å²) in [4.78, 5) is 35.7. The van der Waals surface area contributed by atoms with E-state index in [2.05, 4.69) is 21.2 Å². The van der Waals surface area contributed by atoms with Gasteiger partial charge in [0.2, 0.25) is 11.8 Å². The SMILES string of the molecule is CC(=O)NCSCCC(=O)N1CCCN1C(=O)c1ccc(Br)cc1. The fourth-order valence-electron chi connectivity index (χ4n) is 2.34. The summed E-state index contributed by atoms with van der Waals surface area (Å²) in [7, 11) is 0. The zero-order valence-electron chi connectivity index (χ0n) is 13.5. The molecule has 1 aromatic carbocycles. The van der Waals surface area contributed by atoms with Gasteiger partial charge in [0.05, 0.1) is 5.88 Å². The van der Waals surface area contributed by atoms with E-state index in [1.54, 1.807) is 17.1 Å². The summed E-state index contributed by atoms with van der Waals surface area (Å²) in [6, 6.07) is 7.12. The van der Waals surface area contributed by atoms with E-state index in [-0.39, 0.29) is 17.7 Å². The van der Waals surface area contributed by atoms with Gasteiger partial charge in [-0.25, -0.2) is 5.01 Å². The van der Waals surface area contributed by atoms with Crippen molar-refractivity contribution in [1.82, 2.24) is 15.3 Å². The fourth-order valence-corrected chi connectivity index (χ4v) is 3.37. The van der Waals surface area contributed by atoms with Crippen molar-refractivity contribution in [2.75, 3.05) is 24.7 Å². The van der Waals surface area contributed by atoms with Crippen molar-refractivity contribution in [1.29, 1.82) is 0 Å². The number of hydrazine groups is 1. The fraction of sp³-hybridized carbons (Fsp3) is 0.438. The molecule has 3 amide bonds. The van der Waals surface area contributed by atoms with Gasteiger partial charge in [0.15, 0.2) is 0 Å². The zero-order chi connectivity index (χ0) is 17.5. The molecule has 0 aliphatic carbocycles. The molecule has 0 saturated carbocycles. The molecule has 0 aromatic heterocycles. The van der Waals surface area contributed by atoms with E-state index >= 15 is 0 Å². The van der Waals surface area contributed by atoms with Gasteiger partial charge in [0.1, 0.15) is 0 Å². The Hall–Kier alpha value is -1.54. The van der Waals surface area contributed by atoms with Gasteiger partial charge in [0.25, 0.3) is 5.91 Å². The highest BCUT2D eigenvalue weighted by atomic mass is 79.9. The van der Waals surface area contributed by atoms with Gasteiger partial charge in [-0.2, -0.15) is 0 Å². The minimum Gasteiger partial charge on any atom is -0.347 e. The Bertz CT molecular complexity index is 609. The van der Waals surface area contributed by atoms with Gasteiger partial charge in [0, 0.05) is 42.2 Å².